The van der Waals surface area contributed by atoms with Crippen LogP contribution in [0.4, 0.5) is 5.69 Å². The van der Waals surface area contributed by atoms with E-state index in [1.54, 1.807) is 12.1 Å². The van der Waals surface area contributed by atoms with Gasteiger partial charge < -0.3 is 0 Å². The summed E-state index contributed by atoms with van der Waals surface area (Å²) in [4.78, 5) is 15.9. The number of ketones is 1. The monoisotopic (exact) mass is 220 g/mol. The van der Waals surface area contributed by atoms with Gasteiger partial charge in [-0.05, 0) is 23.3 Å². The molecule has 80 valence electrons. The number of rotatable bonds is 1. The number of fused-ring (bicyclic) bond motifs is 3. The molecule has 0 heterocycles. The normalized spacial score (nSPS) is 11.6. The Morgan fingerprint density at radius 3 is 2.41 bits per heavy atom. The fraction of sp³-hybridized carbons (Fsp3) is 0. The molecule has 0 saturated heterocycles. The molecule has 17 heavy (non-hydrogen) atoms. The Hall–Kier alpha value is -2.51. The van der Waals surface area contributed by atoms with Crippen LogP contribution >= 0.6 is 0 Å². The Morgan fingerprint density at radius 1 is 0.941 bits per heavy atom. The number of nitrogens with zero attached hydrogens (tertiary/aromatic N) is 1. The maximum Gasteiger partial charge on any atom is 0.194 e. The van der Waals surface area contributed by atoms with Gasteiger partial charge >= 0.3 is 0 Å². The maximum atomic E-state index is 12.1. The summed E-state index contributed by atoms with van der Waals surface area (Å²) in [6.07, 6.45) is 0. The number of hydrogen-bond acceptors (Lipinski definition) is 3. The van der Waals surface area contributed by atoms with Gasteiger partial charge in [0, 0.05) is 11.1 Å². The molecule has 0 saturated carbocycles. The summed E-state index contributed by atoms with van der Waals surface area (Å²) in [5.74, 6) is 0.0256. The van der Waals surface area contributed by atoms with Crippen molar-refractivity contribution in [3.8, 4) is 11.1 Å². The van der Waals surface area contributed by atoms with Gasteiger partial charge in [-0.2, -0.15) is 4.99 Å². The van der Waals surface area contributed by atoms with Crippen LogP contribution in [0, 0.1) is 5.41 Å². The molecule has 0 aromatic heterocycles. The van der Waals surface area contributed by atoms with E-state index in [4.69, 9.17) is 5.41 Å². The molecular weight excluding hydrogens is 212 g/mol. The highest BCUT2D eigenvalue weighted by Gasteiger charge is 2.25. The van der Waals surface area contributed by atoms with Crippen LogP contribution in [0.3, 0.4) is 0 Å². The Bertz CT molecular complexity index is 682. The second-order valence-corrected chi connectivity index (χ2v) is 3.83. The maximum absolute atomic E-state index is 12.1. The molecule has 0 unspecified atom stereocenters. The first-order valence-electron chi connectivity index (χ1n) is 5.22. The van der Waals surface area contributed by atoms with Gasteiger partial charge in [0.15, 0.2) is 5.78 Å². The smallest absolute Gasteiger partial charge is 0.194 e. The first-order valence-corrected chi connectivity index (χ1v) is 5.22. The van der Waals surface area contributed by atoms with Crippen LogP contribution in [-0.4, -0.2) is 11.8 Å². The van der Waals surface area contributed by atoms with E-state index in [1.807, 2.05) is 36.3 Å². The second-order valence-electron chi connectivity index (χ2n) is 3.83. The lowest BCUT2D eigenvalue weighted by Crippen LogP contribution is -1.94. The van der Waals surface area contributed by atoms with Crippen molar-refractivity contribution in [3.05, 3.63) is 53.6 Å². The largest absolute Gasteiger partial charge is 0.289 e. The van der Waals surface area contributed by atoms with Crippen molar-refractivity contribution in [1.82, 2.24) is 0 Å². The molecule has 0 fully saturated rings. The van der Waals surface area contributed by atoms with Crippen molar-refractivity contribution in [1.29, 1.82) is 5.41 Å². The molecule has 1 aliphatic rings. The van der Waals surface area contributed by atoms with Crippen LogP contribution < -0.4 is 0 Å². The van der Waals surface area contributed by atoms with Gasteiger partial charge in [0.1, 0.15) is 0 Å². The Morgan fingerprint density at radius 2 is 1.65 bits per heavy atom. The molecule has 1 aliphatic carbocycles. The van der Waals surface area contributed by atoms with Crippen LogP contribution in [0.2, 0.25) is 0 Å². The highest BCUT2D eigenvalue weighted by atomic mass is 16.1. The average Bonchev–Trinajstić information content (AvgIpc) is 2.65. The minimum atomic E-state index is 0.0256. The van der Waals surface area contributed by atoms with Crippen LogP contribution in [0.5, 0.6) is 0 Å². The quantitative estimate of drug-likeness (QED) is 0.628. The number of benzene rings is 2. The molecule has 3 nitrogen and oxygen atoms in total. The highest BCUT2D eigenvalue weighted by Crippen LogP contribution is 2.37. The lowest BCUT2D eigenvalue weighted by Gasteiger charge is -1.99. The molecular formula is C14H8N2O. The molecule has 0 bridgehead atoms. The van der Waals surface area contributed by atoms with Crippen LogP contribution in [-0.2, 0) is 0 Å². The Kier molecular flexibility index (Phi) is 2.00. The van der Waals surface area contributed by atoms with Gasteiger partial charge in [-0.15, -0.1) is 0 Å². The molecule has 3 heteroatoms. The van der Waals surface area contributed by atoms with Gasteiger partial charge in [0.25, 0.3) is 0 Å². The number of nitrogens with one attached hydrogen (secondary N) is 1. The molecule has 2 aromatic carbocycles. The lowest BCUT2D eigenvalue weighted by atomic mass is 10.1. The zero-order chi connectivity index (χ0) is 11.8. The van der Waals surface area contributed by atoms with E-state index < -0.39 is 0 Å². The minimum absolute atomic E-state index is 0.0256. The average molecular weight is 220 g/mol. The van der Waals surface area contributed by atoms with E-state index in [2.05, 4.69) is 4.99 Å². The fourth-order valence-corrected chi connectivity index (χ4v) is 2.15. The summed E-state index contributed by atoms with van der Waals surface area (Å²) in [7, 11) is 0. The van der Waals surface area contributed by atoms with Gasteiger partial charge in [0.05, 0.1) is 11.7 Å². The van der Waals surface area contributed by atoms with Crippen molar-refractivity contribution in [2.75, 3.05) is 0 Å². The summed E-state index contributed by atoms with van der Waals surface area (Å²) in [6, 6.07) is 14.9. The second kappa shape index (κ2) is 3.51. The molecule has 0 amide bonds. The van der Waals surface area contributed by atoms with Gasteiger partial charge in [-0.3, -0.25) is 4.79 Å². The highest BCUT2D eigenvalue weighted by molar-refractivity contribution is 6.22. The van der Waals surface area contributed by atoms with E-state index in [0.717, 1.165) is 16.7 Å². The topological polar surface area (TPSA) is 53.3 Å². The summed E-state index contributed by atoms with van der Waals surface area (Å²) in [5.41, 5.74) is 3.88. The van der Waals surface area contributed by atoms with E-state index in [0.29, 0.717) is 11.3 Å². The minimum Gasteiger partial charge on any atom is -0.289 e. The molecule has 1 N–H and O–H groups in total. The van der Waals surface area contributed by atoms with Crippen molar-refractivity contribution in [2.24, 2.45) is 4.99 Å². The third-order valence-corrected chi connectivity index (χ3v) is 2.89. The predicted octanol–water partition coefficient (Wildman–Crippen LogP) is 3.28. The van der Waals surface area contributed by atoms with Crippen LogP contribution in [0.25, 0.3) is 11.1 Å². The van der Waals surface area contributed by atoms with Gasteiger partial charge in [-0.25, -0.2) is 5.41 Å². The predicted molar refractivity (Wildman–Crippen MR) is 65.1 cm³/mol. The van der Waals surface area contributed by atoms with Gasteiger partial charge in [0.2, 0.25) is 0 Å². The number of carbonyl (C=O) groups is 1. The molecule has 3 rings (SSSR count). The zero-order valence-electron chi connectivity index (χ0n) is 8.90. The third-order valence-electron chi connectivity index (χ3n) is 2.89. The first-order chi connectivity index (χ1) is 8.31. The molecule has 0 aliphatic heterocycles. The number of carbonyl (C=O) groups excluding carboxylic acids is 1. The van der Waals surface area contributed by atoms with Crippen molar-refractivity contribution >= 4 is 17.5 Å². The summed E-state index contributed by atoms with van der Waals surface area (Å²) in [5, 5.41) is 6.81. The Labute approximate surface area is 98.0 Å². The van der Waals surface area contributed by atoms with E-state index >= 15 is 0 Å². The first kappa shape index (κ1) is 9.70. The van der Waals surface area contributed by atoms with Crippen molar-refractivity contribution < 1.29 is 4.79 Å². The summed E-state index contributed by atoms with van der Waals surface area (Å²) in [6.45, 7) is 0. The number of aliphatic imine (C=N–C) groups is 1. The van der Waals surface area contributed by atoms with Crippen molar-refractivity contribution in [3.63, 3.8) is 0 Å². The lowest BCUT2D eigenvalue weighted by molar-refractivity contribution is 0.104. The van der Waals surface area contributed by atoms with Gasteiger partial charge in [-0.1, -0.05) is 30.3 Å². The molecule has 2 aromatic rings. The summed E-state index contributed by atoms with van der Waals surface area (Å²) >= 11 is 0. The Balaban J connectivity index is 2.27. The van der Waals surface area contributed by atoms with Crippen molar-refractivity contribution in [2.45, 2.75) is 0 Å². The standard InChI is InChI=1S/C14H8N2O/c15-8-16-9-5-6-11-10-3-1-2-4-12(10)14(17)13(11)7-9/h1-7,15H. The zero-order valence-corrected chi connectivity index (χ0v) is 8.90. The van der Waals surface area contributed by atoms with E-state index in [9.17, 15) is 4.79 Å². The number of hydrogen-bond donors (Lipinski definition) is 1. The molecule has 0 radical (unpaired) electrons. The SMILES string of the molecule is N=C=Nc1ccc2c(c1)C(=O)c1ccccc1-2. The molecule has 0 atom stereocenters. The van der Waals surface area contributed by atoms with E-state index in [1.165, 1.54) is 0 Å². The fourth-order valence-electron chi connectivity index (χ4n) is 2.15. The van der Waals surface area contributed by atoms with E-state index in [-0.39, 0.29) is 5.78 Å². The molecule has 0 spiro atoms. The van der Waals surface area contributed by atoms with Crippen LogP contribution in [0.15, 0.2) is 47.5 Å². The summed E-state index contributed by atoms with van der Waals surface area (Å²) < 4.78 is 0. The third kappa shape index (κ3) is 1.34. The van der Waals surface area contributed by atoms with Crippen LogP contribution in [0.1, 0.15) is 15.9 Å².